The van der Waals surface area contributed by atoms with Gasteiger partial charge in [0.25, 0.3) is 5.88 Å². The van der Waals surface area contributed by atoms with Gasteiger partial charge in [0.1, 0.15) is 17.9 Å². The first-order chi connectivity index (χ1) is 12.2. The zero-order chi connectivity index (χ0) is 17.2. The molecular weight excluding hydrogens is 323 g/mol. The van der Waals surface area contributed by atoms with E-state index >= 15 is 0 Å². The van der Waals surface area contributed by atoms with E-state index in [1.165, 1.54) is 24.7 Å². The number of fused-ring (bicyclic) bond motifs is 1. The standard InChI is InChI=1S/C17H13FN6O/c1-24-8-6-15(23-24)22-16-12-9-11(4-5-14(12)20-10-21-16)25-17-13(18)3-2-7-19-17/h2-10H,1H3,(H,20,21,22,23)/p+1. The van der Waals surface area contributed by atoms with E-state index in [0.29, 0.717) is 11.6 Å². The van der Waals surface area contributed by atoms with Gasteiger partial charge in [-0.25, -0.2) is 19.3 Å². The van der Waals surface area contributed by atoms with Crippen LogP contribution in [0, 0.1) is 5.82 Å². The van der Waals surface area contributed by atoms with Crippen LogP contribution in [0.3, 0.4) is 0 Å². The maximum absolute atomic E-state index is 13.7. The lowest BCUT2D eigenvalue weighted by atomic mass is 10.2. The number of halogens is 1. The summed E-state index contributed by atoms with van der Waals surface area (Å²) in [6.07, 6.45) is 4.83. The summed E-state index contributed by atoms with van der Waals surface area (Å²) in [6.45, 7) is 0. The minimum atomic E-state index is -0.524. The van der Waals surface area contributed by atoms with Crippen molar-refractivity contribution in [3.63, 3.8) is 0 Å². The van der Waals surface area contributed by atoms with Crippen LogP contribution in [0.5, 0.6) is 11.6 Å². The van der Waals surface area contributed by atoms with Gasteiger partial charge < -0.3 is 10.1 Å². The van der Waals surface area contributed by atoms with Gasteiger partial charge in [0.05, 0.1) is 11.6 Å². The maximum Gasteiger partial charge on any atom is 0.255 e. The molecule has 0 amide bonds. The quantitative estimate of drug-likeness (QED) is 0.560. The van der Waals surface area contributed by atoms with Crippen molar-refractivity contribution in [1.29, 1.82) is 0 Å². The molecule has 25 heavy (non-hydrogen) atoms. The molecule has 1 aromatic carbocycles. The fraction of sp³-hybridized carbons (Fsp3) is 0.0588. The first kappa shape index (κ1) is 15.0. The molecule has 0 saturated carbocycles. The number of H-pyrrole nitrogens is 1. The van der Waals surface area contributed by atoms with Crippen molar-refractivity contribution in [2.24, 2.45) is 7.05 Å². The summed E-state index contributed by atoms with van der Waals surface area (Å²) in [7, 11) is 1.89. The molecule has 0 spiro atoms. The molecule has 0 fully saturated rings. The Hall–Kier alpha value is -3.55. The largest absolute Gasteiger partial charge is 0.436 e. The third kappa shape index (κ3) is 3.09. The molecule has 3 aromatic heterocycles. The van der Waals surface area contributed by atoms with Crippen LogP contribution in [0.4, 0.5) is 16.0 Å². The van der Waals surface area contributed by atoms with Gasteiger partial charge in [0.15, 0.2) is 24.9 Å². The Morgan fingerprint density at radius 3 is 2.88 bits per heavy atom. The smallest absolute Gasteiger partial charge is 0.255 e. The van der Waals surface area contributed by atoms with Crippen LogP contribution in [-0.4, -0.2) is 20.1 Å². The summed E-state index contributed by atoms with van der Waals surface area (Å²) in [4.78, 5) is 12.4. The number of anilines is 2. The molecule has 0 aliphatic heterocycles. The lowest BCUT2D eigenvalue weighted by molar-refractivity contribution is -0.725. The summed E-state index contributed by atoms with van der Waals surface area (Å²) in [6, 6.07) is 9.93. The predicted molar refractivity (Wildman–Crippen MR) is 89.1 cm³/mol. The fourth-order valence-electron chi connectivity index (χ4n) is 2.40. The summed E-state index contributed by atoms with van der Waals surface area (Å²) in [5.41, 5.74) is 0.738. The minimum absolute atomic E-state index is 0.0791. The monoisotopic (exact) mass is 337 g/mol. The third-order valence-corrected chi connectivity index (χ3v) is 3.56. The van der Waals surface area contributed by atoms with Crippen molar-refractivity contribution in [2.75, 3.05) is 5.32 Å². The number of hydrogen-bond acceptors (Lipinski definition) is 5. The minimum Gasteiger partial charge on any atom is -0.436 e. The molecule has 0 unspecified atom stereocenters. The summed E-state index contributed by atoms with van der Waals surface area (Å²) < 4.78 is 21.1. The number of hydrogen-bond donors (Lipinski definition) is 2. The van der Waals surface area contributed by atoms with E-state index in [9.17, 15) is 4.39 Å². The molecule has 8 heteroatoms. The Balaban J connectivity index is 1.71. The zero-order valence-corrected chi connectivity index (χ0v) is 13.3. The van der Waals surface area contributed by atoms with Gasteiger partial charge in [-0.05, 0) is 30.3 Å². The van der Waals surface area contributed by atoms with Gasteiger partial charge in [-0.3, -0.25) is 0 Å². The molecule has 0 radical (unpaired) electrons. The Labute approximate surface area is 142 Å². The highest BCUT2D eigenvalue weighted by atomic mass is 19.1. The van der Waals surface area contributed by atoms with Crippen LogP contribution in [0.25, 0.3) is 10.9 Å². The maximum atomic E-state index is 13.7. The molecule has 4 aromatic rings. The van der Waals surface area contributed by atoms with Gasteiger partial charge in [-0.2, -0.15) is 0 Å². The Morgan fingerprint density at radius 2 is 2.08 bits per heavy atom. The van der Waals surface area contributed by atoms with Crippen molar-refractivity contribution >= 4 is 22.5 Å². The SMILES string of the molecule is C[n+]1ccc(Nc2ncnc3ccc(Oc4ncccc4F)cc23)[nH]1. The van der Waals surface area contributed by atoms with Gasteiger partial charge in [0.2, 0.25) is 0 Å². The molecule has 0 aliphatic carbocycles. The van der Waals surface area contributed by atoms with Crippen LogP contribution in [-0.2, 0) is 7.05 Å². The van der Waals surface area contributed by atoms with E-state index in [4.69, 9.17) is 4.74 Å². The number of aromatic nitrogens is 5. The number of pyridine rings is 1. The Bertz CT molecular complexity index is 1050. The highest BCUT2D eigenvalue weighted by Gasteiger charge is 2.10. The number of nitrogens with zero attached hydrogens (tertiary/aromatic N) is 4. The molecule has 4 rings (SSSR count). The molecule has 0 aliphatic rings. The molecule has 3 heterocycles. The number of rotatable bonds is 4. The first-order valence-electron chi connectivity index (χ1n) is 7.54. The molecule has 0 atom stereocenters. The molecule has 124 valence electrons. The van der Waals surface area contributed by atoms with Gasteiger partial charge in [0, 0.05) is 11.6 Å². The van der Waals surface area contributed by atoms with E-state index in [2.05, 4.69) is 25.4 Å². The second-order valence-corrected chi connectivity index (χ2v) is 5.37. The van der Waals surface area contributed by atoms with Gasteiger partial charge >= 0.3 is 0 Å². The molecule has 0 saturated heterocycles. The molecule has 2 N–H and O–H groups in total. The highest BCUT2D eigenvalue weighted by Crippen LogP contribution is 2.29. The van der Waals surface area contributed by atoms with E-state index in [1.807, 2.05) is 24.0 Å². The molecule has 7 nitrogen and oxygen atoms in total. The van der Waals surface area contributed by atoms with Crippen molar-refractivity contribution in [3.05, 3.63) is 60.9 Å². The average molecular weight is 337 g/mol. The second-order valence-electron chi connectivity index (χ2n) is 5.37. The van der Waals surface area contributed by atoms with Crippen LogP contribution >= 0.6 is 0 Å². The summed E-state index contributed by atoms with van der Waals surface area (Å²) >= 11 is 0. The van der Waals surface area contributed by atoms with E-state index < -0.39 is 5.82 Å². The lowest BCUT2D eigenvalue weighted by Crippen LogP contribution is -2.28. The van der Waals surface area contributed by atoms with Crippen molar-refractivity contribution < 1.29 is 13.8 Å². The van der Waals surface area contributed by atoms with E-state index in [-0.39, 0.29) is 5.88 Å². The molecule has 0 bridgehead atoms. The number of ether oxygens (including phenoxy) is 1. The molecular formula is C17H14FN6O+. The summed E-state index contributed by atoms with van der Waals surface area (Å²) in [5, 5.41) is 7.05. The topological polar surface area (TPSA) is 79.6 Å². The van der Waals surface area contributed by atoms with Crippen molar-refractivity contribution in [2.45, 2.75) is 0 Å². The van der Waals surface area contributed by atoms with Crippen molar-refractivity contribution in [3.8, 4) is 11.6 Å². The summed E-state index contributed by atoms with van der Waals surface area (Å²) in [5.74, 6) is 1.23. The fourth-order valence-corrected chi connectivity index (χ4v) is 2.40. The van der Waals surface area contributed by atoms with Crippen LogP contribution in [0.2, 0.25) is 0 Å². The normalized spacial score (nSPS) is 10.8. The van der Waals surface area contributed by atoms with Crippen LogP contribution < -0.4 is 14.7 Å². The van der Waals surface area contributed by atoms with Gasteiger partial charge in [-0.1, -0.05) is 0 Å². The zero-order valence-electron chi connectivity index (χ0n) is 13.3. The first-order valence-corrected chi connectivity index (χ1v) is 7.54. The Morgan fingerprint density at radius 1 is 1.16 bits per heavy atom. The van der Waals surface area contributed by atoms with Crippen molar-refractivity contribution in [1.82, 2.24) is 20.1 Å². The van der Waals surface area contributed by atoms with E-state index in [0.717, 1.165) is 16.7 Å². The van der Waals surface area contributed by atoms with Crippen LogP contribution in [0.15, 0.2) is 55.1 Å². The lowest BCUT2D eigenvalue weighted by Gasteiger charge is -2.09. The Kier molecular flexibility index (Phi) is 3.70. The third-order valence-electron chi connectivity index (χ3n) is 3.56. The average Bonchev–Trinajstić information content (AvgIpc) is 3.02. The number of nitrogens with one attached hydrogen (secondary N) is 2. The van der Waals surface area contributed by atoms with Gasteiger partial charge in [-0.15, -0.1) is 9.78 Å². The second kappa shape index (κ2) is 6.16. The number of benzene rings is 1. The number of aromatic amines is 1. The highest BCUT2D eigenvalue weighted by molar-refractivity contribution is 5.91. The predicted octanol–water partition coefficient (Wildman–Crippen LogP) is 2.85. The number of aryl methyl sites for hydroxylation is 1. The van der Waals surface area contributed by atoms with E-state index in [1.54, 1.807) is 18.2 Å². The van der Waals surface area contributed by atoms with Crippen LogP contribution in [0.1, 0.15) is 0 Å².